The largest absolute Gasteiger partial charge is 0.337 e. The standard InChI is InChI=1S/C13H24N2O/c1-14-8-5-9-15(11-10-14)13(16)12-6-3-2-4-7-12/h12H,2-11H2,1H3/p+1. The molecule has 0 bridgehead atoms. The molecule has 2 aliphatic rings. The van der Waals surface area contributed by atoms with E-state index < -0.39 is 0 Å². The first-order valence-electron chi connectivity index (χ1n) is 6.87. The zero-order valence-electron chi connectivity index (χ0n) is 10.5. The van der Waals surface area contributed by atoms with Crippen molar-refractivity contribution < 1.29 is 9.69 Å². The molecule has 1 amide bonds. The van der Waals surface area contributed by atoms with Crippen LogP contribution in [0.1, 0.15) is 38.5 Å². The Labute approximate surface area is 98.8 Å². The van der Waals surface area contributed by atoms with Gasteiger partial charge in [0, 0.05) is 18.9 Å². The van der Waals surface area contributed by atoms with Crippen molar-refractivity contribution in [3.05, 3.63) is 0 Å². The molecule has 1 heterocycles. The summed E-state index contributed by atoms with van der Waals surface area (Å²) in [7, 11) is 2.23. The third-order valence-electron chi connectivity index (χ3n) is 4.11. The number of nitrogens with one attached hydrogen (secondary N) is 1. The number of carbonyl (C=O) groups excluding carboxylic acids is 1. The molecule has 1 saturated carbocycles. The van der Waals surface area contributed by atoms with Crippen LogP contribution >= 0.6 is 0 Å². The lowest BCUT2D eigenvalue weighted by Gasteiger charge is -2.27. The van der Waals surface area contributed by atoms with Gasteiger partial charge in [0.2, 0.25) is 5.91 Å². The topological polar surface area (TPSA) is 24.8 Å². The van der Waals surface area contributed by atoms with Crippen LogP contribution < -0.4 is 4.90 Å². The highest BCUT2D eigenvalue weighted by Gasteiger charge is 2.27. The Morgan fingerprint density at radius 2 is 1.81 bits per heavy atom. The molecule has 1 N–H and O–H groups in total. The zero-order chi connectivity index (χ0) is 11.4. The van der Waals surface area contributed by atoms with E-state index in [1.165, 1.54) is 32.2 Å². The van der Waals surface area contributed by atoms with Crippen LogP contribution in [-0.4, -0.2) is 44.0 Å². The smallest absolute Gasteiger partial charge is 0.225 e. The minimum atomic E-state index is 0.354. The van der Waals surface area contributed by atoms with Crippen LogP contribution in [0.2, 0.25) is 0 Å². The van der Waals surface area contributed by atoms with Gasteiger partial charge in [-0.1, -0.05) is 19.3 Å². The van der Waals surface area contributed by atoms with E-state index in [4.69, 9.17) is 0 Å². The van der Waals surface area contributed by atoms with E-state index in [2.05, 4.69) is 11.9 Å². The lowest BCUT2D eigenvalue weighted by atomic mass is 9.88. The SMILES string of the molecule is C[NH+]1CCCN(C(=O)C2CCCCC2)CC1. The fraction of sp³-hybridized carbons (Fsp3) is 0.923. The van der Waals surface area contributed by atoms with Gasteiger partial charge in [0.1, 0.15) is 0 Å². The van der Waals surface area contributed by atoms with Crippen molar-refractivity contribution in [2.75, 3.05) is 33.2 Å². The number of amides is 1. The van der Waals surface area contributed by atoms with Crippen molar-refractivity contribution in [3.63, 3.8) is 0 Å². The van der Waals surface area contributed by atoms with Crippen LogP contribution in [0.5, 0.6) is 0 Å². The summed E-state index contributed by atoms with van der Waals surface area (Å²) in [6.45, 7) is 4.31. The Hall–Kier alpha value is -0.570. The number of carbonyl (C=O) groups is 1. The number of hydrogen-bond donors (Lipinski definition) is 1. The molecule has 0 spiro atoms. The lowest BCUT2D eigenvalue weighted by molar-refractivity contribution is -0.877. The Kier molecular flexibility index (Phi) is 4.22. The van der Waals surface area contributed by atoms with Gasteiger partial charge in [-0.3, -0.25) is 4.79 Å². The van der Waals surface area contributed by atoms with E-state index >= 15 is 0 Å². The van der Waals surface area contributed by atoms with Crippen LogP contribution in [-0.2, 0) is 4.79 Å². The second kappa shape index (κ2) is 5.67. The van der Waals surface area contributed by atoms with Gasteiger partial charge < -0.3 is 9.80 Å². The fourth-order valence-corrected chi connectivity index (χ4v) is 2.96. The first-order valence-corrected chi connectivity index (χ1v) is 6.87. The van der Waals surface area contributed by atoms with E-state index in [0.29, 0.717) is 11.8 Å². The predicted molar refractivity (Wildman–Crippen MR) is 64.4 cm³/mol. The van der Waals surface area contributed by atoms with Gasteiger partial charge in [-0.2, -0.15) is 0 Å². The molecule has 2 fully saturated rings. The van der Waals surface area contributed by atoms with Gasteiger partial charge in [-0.25, -0.2) is 0 Å². The van der Waals surface area contributed by atoms with E-state index in [-0.39, 0.29) is 0 Å². The highest BCUT2D eigenvalue weighted by atomic mass is 16.2. The van der Waals surface area contributed by atoms with Gasteiger partial charge in [0.15, 0.2) is 0 Å². The van der Waals surface area contributed by atoms with Crippen molar-refractivity contribution in [1.29, 1.82) is 0 Å². The molecule has 3 heteroatoms. The first kappa shape index (κ1) is 11.9. The monoisotopic (exact) mass is 225 g/mol. The van der Waals surface area contributed by atoms with Crippen molar-refractivity contribution in [3.8, 4) is 0 Å². The van der Waals surface area contributed by atoms with Gasteiger partial charge in [0.05, 0.1) is 26.7 Å². The van der Waals surface area contributed by atoms with Crippen LogP contribution in [0.15, 0.2) is 0 Å². The van der Waals surface area contributed by atoms with E-state index in [0.717, 1.165) is 32.5 Å². The second-order valence-corrected chi connectivity index (χ2v) is 5.47. The van der Waals surface area contributed by atoms with E-state index in [1.807, 2.05) is 0 Å². The van der Waals surface area contributed by atoms with Crippen molar-refractivity contribution in [1.82, 2.24) is 4.90 Å². The summed E-state index contributed by atoms with van der Waals surface area (Å²) in [4.78, 5) is 16.0. The van der Waals surface area contributed by atoms with Gasteiger partial charge in [0.25, 0.3) is 0 Å². The molecule has 0 radical (unpaired) electrons. The Balaban J connectivity index is 1.87. The lowest BCUT2D eigenvalue weighted by Crippen LogP contribution is -3.09. The summed E-state index contributed by atoms with van der Waals surface area (Å²) in [5.41, 5.74) is 0. The maximum atomic E-state index is 12.3. The van der Waals surface area contributed by atoms with Gasteiger partial charge in [-0.15, -0.1) is 0 Å². The molecule has 92 valence electrons. The molecule has 1 saturated heterocycles. The van der Waals surface area contributed by atoms with Crippen molar-refractivity contribution >= 4 is 5.91 Å². The number of quaternary nitrogens is 1. The molecular formula is C13H25N2O+. The molecule has 1 unspecified atom stereocenters. The van der Waals surface area contributed by atoms with Gasteiger partial charge in [-0.05, 0) is 12.8 Å². The molecule has 16 heavy (non-hydrogen) atoms. The number of rotatable bonds is 1. The molecule has 0 aromatic carbocycles. The Morgan fingerprint density at radius 1 is 1.06 bits per heavy atom. The summed E-state index contributed by atoms with van der Waals surface area (Å²) in [5.74, 6) is 0.807. The van der Waals surface area contributed by atoms with Crippen LogP contribution in [0.25, 0.3) is 0 Å². The quantitative estimate of drug-likeness (QED) is 0.683. The number of hydrogen-bond acceptors (Lipinski definition) is 1. The first-order chi connectivity index (χ1) is 7.77. The second-order valence-electron chi connectivity index (χ2n) is 5.47. The molecule has 1 aliphatic heterocycles. The minimum absolute atomic E-state index is 0.354. The Bertz CT molecular complexity index is 236. The van der Waals surface area contributed by atoms with Gasteiger partial charge >= 0.3 is 0 Å². The summed E-state index contributed by atoms with van der Waals surface area (Å²) in [6.07, 6.45) is 7.29. The van der Waals surface area contributed by atoms with E-state index in [9.17, 15) is 4.79 Å². The molecule has 0 aromatic rings. The van der Waals surface area contributed by atoms with Crippen molar-refractivity contribution in [2.24, 2.45) is 5.92 Å². The molecule has 1 atom stereocenters. The van der Waals surface area contributed by atoms with Crippen molar-refractivity contribution in [2.45, 2.75) is 38.5 Å². The highest BCUT2D eigenvalue weighted by molar-refractivity contribution is 5.78. The van der Waals surface area contributed by atoms with Crippen LogP contribution in [0.3, 0.4) is 0 Å². The van der Waals surface area contributed by atoms with Crippen LogP contribution in [0, 0.1) is 5.92 Å². The Morgan fingerprint density at radius 3 is 2.56 bits per heavy atom. The average Bonchev–Trinajstić information content (AvgIpc) is 2.54. The third kappa shape index (κ3) is 2.97. The summed E-state index contributed by atoms with van der Waals surface area (Å²) >= 11 is 0. The summed E-state index contributed by atoms with van der Waals surface area (Å²) in [6, 6.07) is 0. The maximum absolute atomic E-state index is 12.3. The molecule has 2 rings (SSSR count). The zero-order valence-corrected chi connectivity index (χ0v) is 10.5. The molecule has 0 aromatic heterocycles. The number of nitrogens with zero attached hydrogens (tertiary/aromatic N) is 1. The minimum Gasteiger partial charge on any atom is -0.337 e. The normalized spacial score (nSPS) is 28.8. The van der Waals surface area contributed by atoms with E-state index in [1.54, 1.807) is 4.90 Å². The molecule has 1 aliphatic carbocycles. The molecular weight excluding hydrogens is 200 g/mol. The summed E-state index contributed by atoms with van der Waals surface area (Å²) < 4.78 is 0. The predicted octanol–water partition coefficient (Wildman–Crippen LogP) is 0.314. The maximum Gasteiger partial charge on any atom is 0.225 e. The summed E-state index contributed by atoms with van der Waals surface area (Å²) in [5, 5.41) is 0. The molecule has 3 nitrogen and oxygen atoms in total. The fourth-order valence-electron chi connectivity index (χ4n) is 2.96. The highest BCUT2D eigenvalue weighted by Crippen LogP contribution is 2.25. The third-order valence-corrected chi connectivity index (χ3v) is 4.11. The number of likely N-dealkylation sites (N-methyl/N-ethyl adjacent to an activating group) is 1. The average molecular weight is 225 g/mol. The van der Waals surface area contributed by atoms with Crippen LogP contribution in [0.4, 0.5) is 0 Å².